The molecule has 2 heterocycles. The van der Waals surface area contributed by atoms with E-state index in [-0.39, 0.29) is 24.5 Å². The van der Waals surface area contributed by atoms with E-state index < -0.39 is 0 Å². The Hall–Kier alpha value is -2.86. The number of pyridine rings is 1. The smallest absolute Gasteiger partial charge is 0.341 e. The van der Waals surface area contributed by atoms with Crippen molar-refractivity contribution in [2.24, 2.45) is 5.92 Å². The maximum Gasteiger partial charge on any atom is 0.341 e. The van der Waals surface area contributed by atoms with E-state index in [1.54, 1.807) is 13.1 Å². The van der Waals surface area contributed by atoms with Gasteiger partial charge in [0.1, 0.15) is 11.2 Å². The van der Waals surface area contributed by atoms with E-state index in [4.69, 9.17) is 4.74 Å². The van der Waals surface area contributed by atoms with Crippen LogP contribution in [0.1, 0.15) is 48.0 Å². The maximum atomic E-state index is 12.5. The third kappa shape index (κ3) is 3.98. The molecule has 1 aliphatic carbocycles. The number of ether oxygens (including phenoxy) is 1. The first-order valence-electron chi connectivity index (χ1n) is 10.3. The Labute approximate surface area is 170 Å². The summed E-state index contributed by atoms with van der Waals surface area (Å²) >= 11 is 0. The molecular weight excluding hydrogens is 366 g/mol. The number of aliphatic hydroxyl groups is 1. The third-order valence-corrected chi connectivity index (χ3v) is 5.90. The third-order valence-electron chi connectivity index (χ3n) is 5.90. The molecule has 0 bridgehead atoms. The molecule has 0 saturated heterocycles. The first-order chi connectivity index (χ1) is 14.2. The number of aliphatic hydroxyl groups excluding tert-OH is 1. The van der Waals surface area contributed by atoms with Crippen molar-refractivity contribution in [2.75, 3.05) is 18.5 Å². The van der Waals surface area contributed by atoms with E-state index in [9.17, 15) is 9.90 Å². The Balaban J connectivity index is 1.60. The van der Waals surface area contributed by atoms with Crippen LogP contribution in [0.5, 0.6) is 0 Å². The van der Waals surface area contributed by atoms with E-state index in [2.05, 4.69) is 39.6 Å². The molecule has 0 aliphatic heterocycles. The van der Waals surface area contributed by atoms with Crippen LogP contribution in [0.15, 0.2) is 48.8 Å². The van der Waals surface area contributed by atoms with Crippen LogP contribution in [0.4, 0.5) is 5.69 Å². The summed E-state index contributed by atoms with van der Waals surface area (Å²) in [6.07, 6.45) is 6.24. The Morgan fingerprint density at radius 3 is 2.86 bits per heavy atom. The molecule has 1 aromatic carbocycles. The molecule has 2 aromatic heterocycles. The van der Waals surface area contributed by atoms with E-state index in [0.717, 1.165) is 36.0 Å². The number of nitrogens with one attached hydrogen (secondary N) is 2. The van der Waals surface area contributed by atoms with Crippen molar-refractivity contribution in [1.29, 1.82) is 0 Å². The van der Waals surface area contributed by atoms with Crippen molar-refractivity contribution in [3.8, 4) is 0 Å². The van der Waals surface area contributed by atoms with Gasteiger partial charge in [-0.25, -0.2) is 9.78 Å². The average Bonchev–Trinajstić information content (AvgIpc) is 3.24. The number of carbonyl (C=O) groups is 1. The highest BCUT2D eigenvalue weighted by Crippen LogP contribution is 2.38. The van der Waals surface area contributed by atoms with Crippen molar-refractivity contribution in [1.82, 2.24) is 9.97 Å². The molecule has 4 rings (SSSR count). The molecule has 3 atom stereocenters. The zero-order valence-corrected chi connectivity index (χ0v) is 16.6. The number of carbonyl (C=O) groups excluding carboxylic acids is 1. The Kier molecular flexibility index (Phi) is 5.81. The second kappa shape index (κ2) is 8.66. The van der Waals surface area contributed by atoms with Gasteiger partial charge in [0, 0.05) is 36.3 Å². The first kappa shape index (κ1) is 19.5. The van der Waals surface area contributed by atoms with Gasteiger partial charge < -0.3 is 20.1 Å². The zero-order chi connectivity index (χ0) is 20.2. The van der Waals surface area contributed by atoms with E-state index >= 15 is 0 Å². The van der Waals surface area contributed by atoms with Crippen molar-refractivity contribution in [3.63, 3.8) is 0 Å². The molecule has 0 radical (unpaired) electrons. The second-order valence-corrected chi connectivity index (χ2v) is 7.62. The molecule has 0 spiro atoms. The molecule has 1 saturated carbocycles. The molecule has 0 amide bonds. The summed E-state index contributed by atoms with van der Waals surface area (Å²) in [4.78, 5) is 19.9. The summed E-state index contributed by atoms with van der Waals surface area (Å²) in [6.45, 7) is 2.21. The van der Waals surface area contributed by atoms with Gasteiger partial charge in [0.2, 0.25) is 0 Å². The molecule has 3 N–H and O–H groups in total. The van der Waals surface area contributed by atoms with Gasteiger partial charge in [-0.1, -0.05) is 30.3 Å². The minimum absolute atomic E-state index is 0.0774. The number of fused-ring (bicyclic) bond motifs is 1. The summed E-state index contributed by atoms with van der Waals surface area (Å²) in [5.41, 5.74) is 3.21. The lowest BCUT2D eigenvalue weighted by Gasteiger charge is -2.37. The average molecular weight is 393 g/mol. The molecular formula is C23H27N3O3. The van der Waals surface area contributed by atoms with Crippen LogP contribution in [0.25, 0.3) is 11.0 Å². The number of hydrogen-bond donors (Lipinski definition) is 3. The summed E-state index contributed by atoms with van der Waals surface area (Å²) in [7, 11) is 0. The van der Waals surface area contributed by atoms with Gasteiger partial charge in [0.15, 0.2) is 0 Å². The van der Waals surface area contributed by atoms with E-state index in [0.29, 0.717) is 18.1 Å². The monoisotopic (exact) mass is 393 g/mol. The van der Waals surface area contributed by atoms with Gasteiger partial charge in [-0.3, -0.25) is 0 Å². The van der Waals surface area contributed by atoms with Crippen LogP contribution in [0, 0.1) is 5.92 Å². The Morgan fingerprint density at radius 2 is 2.10 bits per heavy atom. The number of benzene rings is 1. The number of H-pyrrole nitrogens is 1. The van der Waals surface area contributed by atoms with Crippen LogP contribution >= 0.6 is 0 Å². The van der Waals surface area contributed by atoms with Crippen LogP contribution in [-0.2, 0) is 4.74 Å². The molecule has 1 fully saturated rings. The van der Waals surface area contributed by atoms with Crippen molar-refractivity contribution in [3.05, 3.63) is 59.9 Å². The highest BCUT2D eigenvalue weighted by molar-refractivity contribution is 6.04. The Bertz CT molecular complexity index is 970. The largest absolute Gasteiger partial charge is 0.462 e. The molecule has 29 heavy (non-hydrogen) atoms. The summed E-state index contributed by atoms with van der Waals surface area (Å²) in [6, 6.07) is 12.5. The lowest BCUT2D eigenvalue weighted by atomic mass is 9.75. The predicted octanol–water partition coefficient (Wildman–Crippen LogP) is 4.10. The predicted molar refractivity (Wildman–Crippen MR) is 113 cm³/mol. The highest BCUT2D eigenvalue weighted by Gasteiger charge is 2.32. The fourth-order valence-electron chi connectivity index (χ4n) is 4.40. The van der Waals surface area contributed by atoms with Crippen LogP contribution < -0.4 is 5.32 Å². The molecule has 1 aliphatic rings. The van der Waals surface area contributed by atoms with Gasteiger partial charge in [0.05, 0.1) is 12.3 Å². The fraction of sp³-hybridized carbons (Fsp3) is 0.391. The summed E-state index contributed by atoms with van der Waals surface area (Å²) in [5, 5.41) is 14.5. The molecule has 3 aromatic rings. The zero-order valence-electron chi connectivity index (χ0n) is 16.6. The van der Waals surface area contributed by atoms with Crippen molar-refractivity contribution in [2.45, 2.75) is 38.1 Å². The number of aromatic nitrogens is 2. The molecule has 1 unspecified atom stereocenters. The van der Waals surface area contributed by atoms with Gasteiger partial charge >= 0.3 is 5.97 Å². The topological polar surface area (TPSA) is 87.2 Å². The van der Waals surface area contributed by atoms with E-state index in [1.165, 1.54) is 5.56 Å². The molecule has 152 valence electrons. The minimum Gasteiger partial charge on any atom is -0.462 e. The number of esters is 1. The minimum atomic E-state index is -0.385. The Morgan fingerprint density at radius 1 is 1.28 bits per heavy atom. The number of nitrogens with zero attached hydrogens (tertiary/aromatic N) is 1. The highest BCUT2D eigenvalue weighted by atomic mass is 16.5. The quantitative estimate of drug-likeness (QED) is 0.549. The first-order valence-corrected chi connectivity index (χ1v) is 10.3. The summed E-state index contributed by atoms with van der Waals surface area (Å²) < 4.78 is 5.23. The van der Waals surface area contributed by atoms with Crippen LogP contribution in [0.2, 0.25) is 0 Å². The van der Waals surface area contributed by atoms with Gasteiger partial charge in [-0.15, -0.1) is 0 Å². The lowest BCUT2D eigenvalue weighted by molar-refractivity contribution is 0.0527. The standard InChI is InChI=1S/C23H27N3O3/c1-2-29-23(28)19-13-25-22-18(10-11-24-22)21(19)26-20-9-8-16(12-17(20)14-27)15-6-4-3-5-7-15/h3-7,10-11,13,16-17,20,27H,2,8-9,12,14H2,1H3,(H2,24,25,26)/t16-,17+,20?/m1/s1. The second-order valence-electron chi connectivity index (χ2n) is 7.62. The SMILES string of the molecule is CCOC(=O)c1cnc2[nH]ccc2c1NC1CC[C@@H](c2ccccc2)C[C@H]1CO. The van der Waals surface area contributed by atoms with Crippen molar-refractivity contribution < 1.29 is 14.6 Å². The van der Waals surface area contributed by atoms with Gasteiger partial charge in [-0.05, 0) is 43.7 Å². The lowest BCUT2D eigenvalue weighted by Crippen LogP contribution is -2.37. The van der Waals surface area contributed by atoms with Crippen LogP contribution in [0.3, 0.4) is 0 Å². The van der Waals surface area contributed by atoms with Gasteiger partial charge in [-0.2, -0.15) is 0 Å². The molecule has 6 nitrogen and oxygen atoms in total. The normalized spacial score (nSPS) is 21.8. The van der Waals surface area contributed by atoms with E-state index in [1.807, 2.05) is 18.3 Å². The fourth-order valence-corrected chi connectivity index (χ4v) is 4.40. The maximum absolute atomic E-state index is 12.5. The number of rotatable bonds is 6. The number of aromatic amines is 1. The van der Waals surface area contributed by atoms with Gasteiger partial charge in [0.25, 0.3) is 0 Å². The van der Waals surface area contributed by atoms with Crippen molar-refractivity contribution >= 4 is 22.7 Å². The molecule has 6 heteroatoms. The summed E-state index contributed by atoms with van der Waals surface area (Å²) in [5.74, 6) is 0.163. The van der Waals surface area contributed by atoms with Crippen LogP contribution in [-0.4, -0.2) is 40.3 Å². The number of hydrogen-bond acceptors (Lipinski definition) is 5. The number of anilines is 1.